The van der Waals surface area contributed by atoms with Gasteiger partial charge in [0.1, 0.15) is 24.4 Å². The zero-order valence-corrected chi connectivity index (χ0v) is 14.8. The quantitative estimate of drug-likeness (QED) is 0.248. The van der Waals surface area contributed by atoms with Gasteiger partial charge in [-0.2, -0.15) is 0 Å². The maximum atomic E-state index is 11.9. The summed E-state index contributed by atoms with van der Waals surface area (Å²) in [5.41, 5.74) is 0.112. The molecule has 1 aliphatic carbocycles. The molecule has 2 heterocycles. The lowest BCUT2D eigenvalue weighted by atomic mass is 9.81. The summed E-state index contributed by atoms with van der Waals surface area (Å²) in [6.45, 7) is -0.645. The van der Waals surface area contributed by atoms with Gasteiger partial charge < -0.3 is 44.5 Å². The summed E-state index contributed by atoms with van der Waals surface area (Å²) in [4.78, 5) is 23.6. The second kappa shape index (κ2) is 8.15. The molecule has 1 fully saturated rings. The van der Waals surface area contributed by atoms with Gasteiger partial charge in [-0.3, -0.25) is 4.79 Å². The Labute approximate surface area is 159 Å². The molecule has 0 aromatic rings. The number of carboxylic acids is 1. The van der Waals surface area contributed by atoms with Gasteiger partial charge in [-0.25, -0.2) is 4.79 Å². The number of allylic oxidation sites excluding steroid dienone is 1. The molecule has 0 aromatic heterocycles. The van der Waals surface area contributed by atoms with Crippen molar-refractivity contribution in [2.45, 2.75) is 37.0 Å². The summed E-state index contributed by atoms with van der Waals surface area (Å²) in [6.07, 6.45) is -4.81. The summed E-state index contributed by atoms with van der Waals surface area (Å²) in [5.74, 6) is -4.44. The highest BCUT2D eigenvalue weighted by molar-refractivity contribution is 5.90. The number of ether oxygens (including phenoxy) is 4. The highest BCUT2D eigenvalue weighted by Gasteiger charge is 2.51. The number of carbonyl (C=O) groups is 2. The first-order chi connectivity index (χ1) is 13.3. The number of aliphatic hydroxyl groups excluding tert-OH is 4. The lowest BCUT2D eigenvalue weighted by molar-refractivity contribution is -0.342. The number of esters is 1. The topological polar surface area (TPSA) is 172 Å². The van der Waals surface area contributed by atoms with E-state index in [2.05, 4.69) is 4.74 Å². The fourth-order valence-electron chi connectivity index (χ4n) is 3.66. The average molecular weight is 402 g/mol. The Morgan fingerprint density at radius 1 is 1.11 bits per heavy atom. The fourth-order valence-corrected chi connectivity index (χ4v) is 3.66. The largest absolute Gasteiger partial charge is 0.481 e. The number of hydrogen-bond donors (Lipinski definition) is 5. The third-order valence-electron chi connectivity index (χ3n) is 5.18. The van der Waals surface area contributed by atoms with Gasteiger partial charge in [0.15, 0.2) is 6.29 Å². The second-order valence-electron chi connectivity index (χ2n) is 6.75. The Balaban J connectivity index is 1.84. The third kappa shape index (κ3) is 3.52. The van der Waals surface area contributed by atoms with Crippen molar-refractivity contribution in [3.8, 4) is 0 Å². The fraction of sp³-hybridized carbons (Fsp3) is 0.647. The van der Waals surface area contributed by atoms with Crippen molar-refractivity contribution < 1.29 is 54.1 Å². The van der Waals surface area contributed by atoms with Crippen molar-refractivity contribution >= 4 is 11.9 Å². The van der Waals surface area contributed by atoms with E-state index in [1.165, 1.54) is 13.2 Å². The second-order valence-corrected chi connectivity index (χ2v) is 6.75. The molecule has 11 nitrogen and oxygen atoms in total. The Morgan fingerprint density at radius 2 is 1.82 bits per heavy atom. The summed E-state index contributed by atoms with van der Waals surface area (Å²) >= 11 is 0. The molecule has 0 aromatic carbocycles. The molecule has 4 unspecified atom stereocenters. The maximum Gasteiger partial charge on any atom is 0.337 e. The van der Waals surface area contributed by atoms with Crippen molar-refractivity contribution in [2.24, 2.45) is 17.8 Å². The van der Waals surface area contributed by atoms with Gasteiger partial charge in [0.25, 0.3) is 0 Å². The van der Waals surface area contributed by atoms with Crippen molar-refractivity contribution in [1.29, 1.82) is 0 Å². The maximum absolute atomic E-state index is 11.9. The van der Waals surface area contributed by atoms with E-state index in [9.17, 15) is 35.1 Å². The van der Waals surface area contributed by atoms with Crippen LogP contribution >= 0.6 is 0 Å². The van der Waals surface area contributed by atoms with Gasteiger partial charge in [-0.15, -0.1) is 0 Å². The van der Waals surface area contributed by atoms with E-state index >= 15 is 0 Å². The molecule has 11 heteroatoms. The number of rotatable bonds is 5. The highest BCUT2D eigenvalue weighted by Crippen LogP contribution is 2.43. The number of hydrogen-bond acceptors (Lipinski definition) is 10. The van der Waals surface area contributed by atoms with Crippen molar-refractivity contribution in [3.63, 3.8) is 0 Å². The van der Waals surface area contributed by atoms with Crippen LogP contribution in [0, 0.1) is 17.8 Å². The van der Waals surface area contributed by atoms with Crippen LogP contribution in [-0.2, 0) is 28.5 Å². The number of fused-ring (bicyclic) bond motifs is 1. The minimum atomic E-state index is -1.68. The van der Waals surface area contributed by atoms with Crippen LogP contribution in [-0.4, -0.2) is 88.2 Å². The SMILES string of the molecule is COC(=O)C1=COC(O[C@@H]2O[C@H](CO)[C@@H](O)[C@H](O)[C@H]2O)C2C(C(=O)O)C=CC12. The molecule has 2 aliphatic heterocycles. The van der Waals surface area contributed by atoms with Gasteiger partial charge in [0.2, 0.25) is 6.29 Å². The van der Waals surface area contributed by atoms with Crippen molar-refractivity contribution in [1.82, 2.24) is 0 Å². The highest BCUT2D eigenvalue weighted by atomic mass is 16.8. The van der Waals surface area contributed by atoms with Gasteiger partial charge in [0.05, 0.1) is 31.5 Å². The molecule has 0 saturated carbocycles. The van der Waals surface area contributed by atoms with E-state index in [4.69, 9.17) is 14.2 Å². The Morgan fingerprint density at radius 3 is 2.43 bits per heavy atom. The molecule has 3 aliphatic rings. The van der Waals surface area contributed by atoms with Crippen LogP contribution in [0.2, 0.25) is 0 Å². The van der Waals surface area contributed by atoms with Crippen LogP contribution in [0.15, 0.2) is 24.0 Å². The monoisotopic (exact) mass is 402 g/mol. The van der Waals surface area contributed by atoms with Crippen LogP contribution in [0.1, 0.15) is 0 Å². The van der Waals surface area contributed by atoms with Crippen molar-refractivity contribution in [3.05, 3.63) is 24.0 Å². The minimum Gasteiger partial charge on any atom is -0.481 e. The van der Waals surface area contributed by atoms with Crippen LogP contribution in [0.25, 0.3) is 0 Å². The van der Waals surface area contributed by atoms with Gasteiger partial charge in [-0.1, -0.05) is 12.2 Å². The summed E-state index contributed by atoms with van der Waals surface area (Å²) in [5, 5.41) is 48.6. The number of aliphatic carboxylic acids is 1. The smallest absolute Gasteiger partial charge is 0.337 e. The van der Waals surface area contributed by atoms with Crippen LogP contribution < -0.4 is 0 Å². The normalized spacial score (nSPS) is 42.3. The van der Waals surface area contributed by atoms with E-state index in [1.54, 1.807) is 6.08 Å². The summed E-state index contributed by atoms with van der Waals surface area (Å²) in [6, 6.07) is 0. The minimum absolute atomic E-state index is 0.112. The number of carboxylic acid groups (broad SMARTS) is 1. The number of carbonyl (C=O) groups excluding carboxylic acids is 1. The zero-order chi connectivity index (χ0) is 20.6. The first kappa shape index (κ1) is 20.7. The number of aliphatic hydroxyl groups is 4. The molecule has 0 spiro atoms. The summed E-state index contributed by atoms with van der Waals surface area (Å²) in [7, 11) is 1.18. The lowest BCUT2D eigenvalue weighted by Crippen LogP contribution is -2.60. The van der Waals surface area contributed by atoms with Crippen LogP contribution in [0.5, 0.6) is 0 Å². The molecule has 0 bridgehead atoms. The standard InChI is InChI=1S/C17H22O11/c1-25-15(24)8-5-26-16(10-6(8)2-3-7(10)14(22)23)28-17-13(21)12(20)11(19)9(4-18)27-17/h2-3,5-7,9-13,16-21H,4H2,1H3,(H,22,23)/t6?,7?,9-,10?,11-,12+,13-,16?,17+/m1/s1. The Bertz CT molecular complexity index is 672. The number of methoxy groups -OCH3 is 1. The summed E-state index contributed by atoms with van der Waals surface area (Å²) < 4.78 is 20.9. The lowest BCUT2D eigenvalue weighted by Gasteiger charge is -2.43. The first-order valence-electron chi connectivity index (χ1n) is 8.61. The Kier molecular flexibility index (Phi) is 6.03. The van der Waals surface area contributed by atoms with E-state index in [0.717, 1.165) is 6.26 Å². The van der Waals surface area contributed by atoms with E-state index in [0.29, 0.717) is 0 Å². The van der Waals surface area contributed by atoms with Crippen LogP contribution in [0.3, 0.4) is 0 Å². The van der Waals surface area contributed by atoms with Gasteiger partial charge in [-0.05, 0) is 0 Å². The molecule has 1 saturated heterocycles. The van der Waals surface area contributed by atoms with Gasteiger partial charge in [0, 0.05) is 11.8 Å². The molecule has 9 atom stereocenters. The molecule has 5 N–H and O–H groups in total. The van der Waals surface area contributed by atoms with E-state index in [-0.39, 0.29) is 5.57 Å². The molecule has 28 heavy (non-hydrogen) atoms. The molecule has 0 radical (unpaired) electrons. The van der Waals surface area contributed by atoms with E-state index in [1.807, 2.05) is 0 Å². The Hall–Kier alpha value is -2.02. The predicted octanol–water partition coefficient (Wildman–Crippen LogP) is -2.28. The van der Waals surface area contributed by atoms with Crippen molar-refractivity contribution in [2.75, 3.05) is 13.7 Å². The average Bonchev–Trinajstić information content (AvgIpc) is 3.13. The van der Waals surface area contributed by atoms with Crippen LogP contribution in [0.4, 0.5) is 0 Å². The molecular formula is C17H22O11. The molecule has 156 valence electrons. The molecule has 0 amide bonds. The van der Waals surface area contributed by atoms with Gasteiger partial charge >= 0.3 is 11.9 Å². The molecule has 3 rings (SSSR count). The first-order valence-corrected chi connectivity index (χ1v) is 8.61. The zero-order valence-electron chi connectivity index (χ0n) is 14.8. The predicted molar refractivity (Wildman–Crippen MR) is 87.1 cm³/mol. The molecular weight excluding hydrogens is 380 g/mol. The third-order valence-corrected chi connectivity index (χ3v) is 5.18. The van der Waals surface area contributed by atoms with E-state index < -0.39 is 73.3 Å².